The molecule has 0 saturated heterocycles. The van der Waals surface area contributed by atoms with Gasteiger partial charge in [-0.2, -0.15) is 18.2 Å². The Labute approximate surface area is 401 Å². The largest absolute Gasteiger partial charge is 0.510 e. The summed E-state index contributed by atoms with van der Waals surface area (Å²) in [6.45, 7) is 4.50. The molecule has 0 atom stereocenters. The molecule has 0 aliphatic rings. The first kappa shape index (κ1) is 30.7. The molecule has 0 aliphatic heterocycles. The van der Waals surface area contributed by atoms with E-state index in [1.54, 1.807) is 39.5 Å². The number of rotatable bonds is 10. The van der Waals surface area contributed by atoms with E-state index in [1.165, 1.54) is 5.56 Å². The van der Waals surface area contributed by atoms with Crippen molar-refractivity contribution in [1.29, 1.82) is 0 Å². The molecule has 0 saturated carbocycles. The van der Waals surface area contributed by atoms with Gasteiger partial charge in [-0.05, 0) is 74.5 Å². The van der Waals surface area contributed by atoms with E-state index < -0.39 is 60.4 Å². The van der Waals surface area contributed by atoms with Gasteiger partial charge >= 0.3 is 0 Å². The summed E-state index contributed by atoms with van der Waals surface area (Å²) in [5, 5.41) is 2.01. The molecule has 0 spiro atoms. The van der Waals surface area contributed by atoms with Crippen LogP contribution in [-0.2, 0) is 32.9 Å². The third-order valence-electron chi connectivity index (χ3n) is 11.4. The Morgan fingerprint density at radius 1 is 0.641 bits per heavy atom. The monoisotopic (exact) mass is 1020 g/mol. The van der Waals surface area contributed by atoms with Gasteiger partial charge in [-0.15, -0.1) is 29.7 Å². The van der Waals surface area contributed by atoms with E-state index >= 15 is 0 Å². The van der Waals surface area contributed by atoms with Gasteiger partial charge in [0.2, 0.25) is 0 Å². The number of pyridine rings is 1. The second kappa shape index (κ2) is 17.1. The van der Waals surface area contributed by atoms with E-state index in [1.807, 2.05) is 66.9 Å². The van der Waals surface area contributed by atoms with Gasteiger partial charge in [0.25, 0.3) is 6.33 Å². The van der Waals surface area contributed by atoms with E-state index in [9.17, 15) is 0 Å². The number of imidazole rings is 1. The van der Waals surface area contributed by atoms with Gasteiger partial charge in [-0.3, -0.25) is 4.57 Å². The van der Waals surface area contributed by atoms with Crippen molar-refractivity contribution in [3.8, 4) is 50.9 Å². The van der Waals surface area contributed by atoms with Crippen molar-refractivity contribution in [1.82, 2.24) is 14.1 Å². The van der Waals surface area contributed by atoms with E-state index in [-0.39, 0.29) is 54.4 Å². The average Bonchev–Trinajstić information content (AvgIpc) is 3.95. The Bertz CT molecular complexity index is 3900. The molecule has 3 aromatic heterocycles. The number of hydrogen-bond acceptors (Lipinski definition) is 2. The molecule has 0 aliphatic carbocycles. The molecule has 3 heterocycles. The van der Waals surface area contributed by atoms with Crippen LogP contribution in [0.4, 0.5) is 0 Å². The maximum atomic E-state index is 9.02. The van der Waals surface area contributed by atoms with Crippen molar-refractivity contribution < 1.29 is 44.1 Å². The fraction of sp³-hybridized carbons (Fsp3) is 0.0690. The second-order valence-corrected chi connectivity index (χ2v) is 15.9. The van der Waals surface area contributed by atoms with Crippen LogP contribution in [0.15, 0.2) is 206 Å². The van der Waals surface area contributed by atoms with E-state index in [2.05, 4.69) is 85.4 Å². The third-order valence-corrected chi connectivity index (χ3v) is 11.4. The van der Waals surface area contributed by atoms with Gasteiger partial charge in [0.05, 0.1) is 30.4 Å². The van der Waals surface area contributed by atoms with Crippen LogP contribution < -0.4 is 9.30 Å². The first-order chi connectivity index (χ1) is 35.1. The molecule has 11 aromatic rings. The summed E-state index contributed by atoms with van der Waals surface area (Å²) in [5.41, 5.74) is 5.83. The Balaban J connectivity index is 0.00000626. The fourth-order valence-electron chi connectivity index (χ4n) is 8.47. The molecule has 0 fully saturated rings. The van der Waals surface area contributed by atoms with E-state index in [4.69, 9.17) is 23.4 Å². The van der Waals surface area contributed by atoms with Gasteiger partial charge in [-0.1, -0.05) is 171 Å². The predicted molar refractivity (Wildman–Crippen MR) is 254 cm³/mol. The summed E-state index contributed by atoms with van der Waals surface area (Å²) in [5.74, 6) is 1.54. The minimum atomic E-state index is -0.573. The molecular formula is C58H42N4OPt-2. The Kier molecular flexibility index (Phi) is 8.19. The fourth-order valence-corrected chi connectivity index (χ4v) is 8.47. The number of aromatic nitrogens is 4. The van der Waals surface area contributed by atoms with Gasteiger partial charge in [0, 0.05) is 44.3 Å². The van der Waals surface area contributed by atoms with Crippen molar-refractivity contribution in [2.75, 3.05) is 0 Å². The van der Waals surface area contributed by atoms with Crippen molar-refractivity contribution in [2.45, 2.75) is 25.7 Å². The zero-order chi connectivity index (χ0) is 51.0. The summed E-state index contributed by atoms with van der Waals surface area (Å²) in [7, 11) is 0. The van der Waals surface area contributed by atoms with Crippen molar-refractivity contribution in [3.63, 3.8) is 0 Å². The first-order valence-electron chi connectivity index (χ1n) is 25.5. The summed E-state index contributed by atoms with van der Waals surface area (Å²) < 4.78 is 99.0. The topological polar surface area (TPSA) is 35.9 Å². The molecule has 0 radical (unpaired) electrons. The van der Waals surface area contributed by atoms with Crippen LogP contribution in [0.25, 0.3) is 72.3 Å². The smallest absolute Gasteiger partial charge is 0.268 e. The van der Waals surface area contributed by atoms with Gasteiger partial charge < -0.3 is 13.9 Å². The van der Waals surface area contributed by atoms with Gasteiger partial charge in [0.1, 0.15) is 5.82 Å². The molecule has 0 amide bonds. The minimum Gasteiger partial charge on any atom is -0.510 e. The maximum absolute atomic E-state index is 9.02. The van der Waals surface area contributed by atoms with Gasteiger partial charge in [-0.25, -0.2) is 4.98 Å². The summed E-state index contributed by atoms with van der Waals surface area (Å²) >= 11 is 0. The number of hydrogen-bond donors (Lipinski definition) is 0. The second-order valence-electron chi connectivity index (χ2n) is 15.9. The van der Waals surface area contributed by atoms with Crippen LogP contribution in [-0.4, -0.2) is 14.1 Å². The Morgan fingerprint density at radius 2 is 1.30 bits per heavy atom. The number of para-hydroxylation sites is 4. The summed E-state index contributed by atoms with van der Waals surface area (Å²) in [4.78, 5) is 4.88. The molecule has 0 unspecified atom stereocenters. The van der Waals surface area contributed by atoms with E-state index in [0.29, 0.717) is 28.2 Å². The summed E-state index contributed by atoms with van der Waals surface area (Å²) in [6.07, 6.45) is 6.06. The third kappa shape index (κ3) is 7.52. The summed E-state index contributed by atoms with van der Waals surface area (Å²) in [6, 6.07) is 45.9. The minimum absolute atomic E-state index is 0. The van der Waals surface area contributed by atoms with Crippen molar-refractivity contribution in [3.05, 3.63) is 236 Å². The van der Waals surface area contributed by atoms with Gasteiger partial charge in [0.15, 0.2) is 0 Å². The first-order valence-corrected chi connectivity index (χ1v) is 20.5. The zero-order valence-electron chi connectivity index (χ0n) is 44.6. The SMILES string of the molecule is [2H]c1c([2H])c([2H])c(-c2cccc(-c3c([2H])c([2H])c([2H])c([2H])c3[2H])c2-[n+]2[c-]n(-c3[c-]c(Oc4[c-]c5c(cc4)c4ccccc4n5-c4cc(CC(C)(C)c5ccccc5)ccn4)ccc3)c3ccccc32)c([2H])c1[2H].[Pt]. The molecule has 64 heavy (non-hydrogen) atoms. The van der Waals surface area contributed by atoms with Crippen molar-refractivity contribution in [2.24, 2.45) is 0 Å². The molecule has 312 valence electrons. The normalized spacial score (nSPS) is 13.7. The molecule has 0 bridgehead atoms. The molecule has 8 aromatic carbocycles. The standard InChI is InChI=1S/C58H42N4O.Pt/c1-58(2,44-22-10-5-11-23-44)39-41-34-35-59-56(36-41)62-52-29-13-12-26-50(52)51-33-32-47(38-55(51)62)63-46-25-16-24-45(37-46)60-40-61(54-31-15-14-30-53(54)60)57-48(42-18-6-3-7-19-42)27-17-28-49(57)43-20-8-4-9-21-43;/h3-36H,39H2,1-2H3;/q-2;/i3D,4D,6D,7D,8D,9D,18D,19D,20D,21D;. The van der Waals surface area contributed by atoms with Crippen LogP contribution in [0.1, 0.15) is 38.7 Å². The zero-order valence-corrected chi connectivity index (χ0v) is 36.8. The van der Waals surface area contributed by atoms with Crippen molar-refractivity contribution >= 4 is 32.8 Å². The number of benzene rings is 8. The number of nitrogens with zero attached hydrogens (tertiary/aromatic N) is 4. The van der Waals surface area contributed by atoms with Crippen LogP contribution >= 0.6 is 0 Å². The average molecular weight is 1020 g/mol. The molecular weight excluding hydrogens is 964 g/mol. The van der Waals surface area contributed by atoms with Crippen LogP contribution in [0, 0.1) is 18.5 Å². The predicted octanol–water partition coefficient (Wildman–Crippen LogP) is 13.4. The molecule has 5 nitrogen and oxygen atoms in total. The molecule has 6 heteroatoms. The number of fused-ring (bicyclic) bond motifs is 4. The Hall–Kier alpha value is -7.33. The Morgan fingerprint density at radius 3 is 2.05 bits per heavy atom. The quantitative estimate of drug-likeness (QED) is 0.101. The van der Waals surface area contributed by atoms with Crippen LogP contribution in [0.2, 0.25) is 0 Å². The molecule has 11 rings (SSSR count). The van der Waals surface area contributed by atoms with Crippen LogP contribution in [0.3, 0.4) is 0 Å². The van der Waals surface area contributed by atoms with Crippen LogP contribution in [0.5, 0.6) is 11.5 Å². The molecule has 0 N–H and O–H groups in total. The van der Waals surface area contributed by atoms with E-state index in [0.717, 1.165) is 39.6 Å². The number of ether oxygens (including phenoxy) is 1. The maximum Gasteiger partial charge on any atom is 0.268 e.